The summed E-state index contributed by atoms with van der Waals surface area (Å²) in [4.78, 5) is 0. The number of allylic oxidation sites excluding steroid dienone is 4. The maximum absolute atomic E-state index is 3.76. The van der Waals surface area contributed by atoms with Gasteiger partial charge in [-0.1, -0.05) is 42.0 Å². The van der Waals surface area contributed by atoms with Crippen LogP contribution in [0.3, 0.4) is 0 Å². The zero-order chi connectivity index (χ0) is 12.1. The predicted octanol–water partition coefficient (Wildman–Crippen LogP) is 4.60. The van der Waals surface area contributed by atoms with Crippen LogP contribution in [0.15, 0.2) is 48.6 Å². The molecule has 0 spiro atoms. The monoisotopic (exact) mass is 315 g/mol. The Morgan fingerprint density at radius 2 is 1.76 bits per heavy atom. The van der Waals surface area contributed by atoms with E-state index < -0.39 is 0 Å². The van der Waals surface area contributed by atoms with E-state index in [0.717, 1.165) is 19.3 Å². The van der Waals surface area contributed by atoms with Gasteiger partial charge in [0, 0.05) is 0 Å². The standard InChI is InChI=1S/C8H9.C6H7.C2H5.Ru/c1-2-8-6-4-3-5-7-8;1-2-4-6-5-3-1;1-2;/h3-7H,1-2H2;1-2,5H,3-4H2;1H2,2H3;/q3*-1;+3. The molecule has 0 atom stereocenters. The zero-order valence-corrected chi connectivity index (χ0v) is 12.2. The zero-order valence-electron chi connectivity index (χ0n) is 10.5. The van der Waals surface area contributed by atoms with Gasteiger partial charge in [-0.15, -0.1) is 6.08 Å². The molecular formula is C16H21Ru. The van der Waals surface area contributed by atoms with Crippen molar-refractivity contribution < 1.29 is 19.5 Å². The quantitative estimate of drug-likeness (QED) is 0.404. The van der Waals surface area contributed by atoms with E-state index >= 15 is 0 Å². The van der Waals surface area contributed by atoms with Crippen LogP contribution in [0.5, 0.6) is 0 Å². The van der Waals surface area contributed by atoms with Gasteiger partial charge in [0.2, 0.25) is 0 Å². The number of hydrogen-bond acceptors (Lipinski definition) is 0. The summed E-state index contributed by atoms with van der Waals surface area (Å²) in [7, 11) is 0. The summed E-state index contributed by atoms with van der Waals surface area (Å²) in [5, 5.41) is 0. The molecule has 1 aliphatic carbocycles. The Balaban J connectivity index is 0. The molecule has 0 unspecified atom stereocenters. The molecule has 0 fully saturated rings. The Labute approximate surface area is 120 Å². The first-order valence-electron chi connectivity index (χ1n) is 5.67. The molecule has 1 heteroatoms. The third-order valence-electron chi connectivity index (χ3n) is 1.93. The summed E-state index contributed by atoms with van der Waals surface area (Å²) < 4.78 is 0. The summed E-state index contributed by atoms with van der Waals surface area (Å²) in [6.07, 6.45) is 12.4. The fraction of sp³-hybridized carbons (Fsp3) is 0.250. The minimum atomic E-state index is 0. The largest absolute Gasteiger partial charge is 3.00 e. The molecule has 0 amide bonds. The maximum atomic E-state index is 3.76. The van der Waals surface area contributed by atoms with Crippen molar-refractivity contribution in [2.75, 3.05) is 0 Å². The third-order valence-corrected chi connectivity index (χ3v) is 1.93. The molecule has 0 heterocycles. The van der Waals surface area contributed by atoms with Crippen LogP contribution >= 0.6 is 0 Å². The van der Waals surface area contributed by atoms with Crippen molar-refractivity contribution in [3.8, 4) is 0 Å². The van der Waals surface area contributed by atoms with Gasteiger partial charge in [0.15, 0.2) is 0 Å². The van der Waals surface area contributed by atoms with Gasteiger partial charge < -0.3 is 19.9 Å². The topological polar surface area (TPSA) is 0 Å². The third kappa shape index (κ3) is 11.6. The summed E-state index contributed by atoms with van der Waals surface area (Å²) in [5.74, 6) is 0. The second-order valence-corrected chi connectivity index (χ2v) is 3.06. The molecule has 0 nitrogen and oxygen atoms in total. The number of rotatable bonds is 1. The molecule has 1 aliphatic rings. The van der Waals surface area contributed by atoms with Gasteiger partial charge in [-0.05, 0) is 6.42 Å². The van der Waals surface area contributed by atoms with Crippen molar-refractivity contribution in [1.82, 2.24) is 0 Å². The van der Waals surface area contributed by atoms with Gasteiger partial charge >= 0.3 is 19.5 Å². The van der Waals surface area contributed by atoms with Crippen LogP contribution in [0, 0.1) is 19.9 Å². The molecule has 2 rings (SSSR count). The Morgan fingerprint density at radius 1 is 1.12 bits per heavy atom. The molecule has 0 saturated heterocycles. The van der Waals surface area contributed by atoms with Crippen molar-refractivity contribution in [2.24, 2.45) is 0 Å². The molecule has 0 aromatic heterocycles. The minimum absolute atomic E-state index is 0. The van der Waals surface area contributed by atoms with Gasteiger partial charge in [-0.25, -0.2) is 0 Å². The van der Waals surface area contributed by atoms with Crippen LogP contribution < -0.4 is 0 Å². The summed E-state index contributed by atoms with van der Waals surface area (Å²) in [5.41, 5.74) is 1.30. The fourth-order valence-electron chi connectivity index (χ4n) is 1.13. The maximum Gasteiger partial charge on any atom is 3.00 e. The molecule has 1 aromatic rings. The minimum Gasteiger partial charge on any atom is -0.496 e. The summed E-state index contributed by atoms with van der Waals surface area (Å²) >= 11 is 0. The van der Waals surface area contributed by atoms with Crippen LogP contribution in [0.4, 0.5) is 0 Å². The first-order chi connectivity index (χ1) is 7.93. The van der Waals surface area contributed by atoms with Crippen LogP contribution in [-0.4, -0.2) is 0 Å². The summed E-state index contributed by atoms with van der Waals surface area (Å²) in [6.45, 7) is 8.76. The van der Waals surface area contributed by atoms with E-state index in [-0.39, 0.29) is 19.5 Å². The van der Waals surface area contributed by atoms with Crippen molar-refractivity contribution >= 4 is 0 Å². The molecule has 0 bridgehead atoms. The Hall–Kier alpha value is -0.677. The van der Waals surface area contributed by atoms with E-state index in [9.17, 15) is 0 Å². The van der Waals surface area contributed by atoms with E-state index in [1.807, 2.05) is 18.2 Å². The number of hydrogen-bond donors (Lipinski definition) is 0. The predicted molar refractivity (Wildman–Crippen MR) is 72.7 cm³/mol. The van der Waals surface area contributed by atoms with Gasteiger partial charge in [0.25, 0.3) is 0 Å². The van der Waals surface area contributed by atoms with E-state index in [4.69, 9.17) is 0 Å². The molecular weight excluding hydrogens is 293 g/mol. The Morgan fingerprint density at radius 3 is 2.00 bits per heavy atom. The SMILES string of the molecule is [C-]1=CCC=CC1.[CH2-]C.[CH2-]Cc1ccccc1.[Ru+3]. The molecule has 1 radical (unpaired) electrons. The van der Waals surface area contributed by atoms with Crippen LogP contribution in [0.25, 0.3) is 0 Å². The van der Waals surface area contributed by atoms with Crippen molar-refractivity contribution in [3.63, 3.8) is 0 Å². The first-order valence-corrected chi connectivity index (χ1v) is 5.67. The molecule has 93 valence electrons. The van der Waals surface area contributed by atoms with Gasteiger partial charge in [-0.2, -0.15) is 19.8 Å². The van der Waals surface area contributed by atoms with Crippen LogP contribution in [-0.2, 0) is 25.9 Å². The van der Waals surface area contributed by atoms with Gasteiger partial charge in [0.1, 0.15) is 0 Å². The van der Waals surface area contributed by atoms with E-state index in [1.165, 1.54) is 5.56 Å². The van der Waals surface area contributed by atoms with E-state index in [1.54, 1.807) is 6.92 Å². The fourth-order valence-corrected chi connectivity index (χ4v) is 1.13. The smallest absolute Gasteiger partial charge is 0.496 e. The molecule has 1 aromatic carbocycles. The van der Waals surface area contributed by atoms with Crippen LogP contribution in [0.1, 0.15) is 25.3 Å². The molecule has 0 saturated carbocycles. The normalized spacial score (nSPS) is 11.2. The van der Waals surface area contributed by atoms with E-state index in [2.05, 4.69) is 50.3 Å². The number of benzene rings is 1. The van der Waals surface area contributed by atoms with Gasteiger partial charge in [0.05, 0.1) is 0 Å². The van der Waals surface area contributed by atoms with Crippen molar-refractivity contribution in [1.29, 1.82) is 0 Å². The molecule has 0 aliphatic heterocycles. The summed E-state index contributed by atoms with van der Waals surface area (Å²) in [6, 6.07) is 10.2. The first kappa shape index (κ1) is 18.7. The second-order valence-electron chi connectivity index (χ2n) is 3.06. The van der Waals surface area contributed by atoms with Crippen molar-refractivity contribution in [2.45, 2.75) is 26.2 Å². The van der Waals surface area contributed by atoms with Crippen molar-refractivity contribution in [3.05, 3.63) is 74.0 Å². The Bertz CT molecular complexity index is 266. The molecule has 17 heavy (non-hydrogen) atoms. The van der Waals surface area contributed by atoms with Crippen LogP contribution in [0.2, 0.25) is 0 Å². The average Bonchev–Trinajstić information content (AvgIpc) is 2.44. The average molecular weight is 314 g/mol. The Kier molecular flexibility index (Phi) is 16.8. The molecule has 0 N–H and O–H groups in total. The van der Waals surface area contributed by atoms with E-state index in [0.29, 0.717) is 0 Å². The second kappa shape index (κ2) is 15.3. The van der Waals surface area contributed by atoms with Gasteiger partial charge in [-0.3, -0.25) is 6.08 Å².